The van der Waals surface area contributed by atoms with Crippen LogP contribution in [0, 0.1) is 0 Å². The Balaban J connectivity index is 1.64. The van der Waals surface area contributed by atoms with E-state index in [0.717, 1.165) is 5.56 Å². The minimum absolute atomic E-state index is 0.00369. The predicted molar refractivity (Wildman–Crippen MR) is 123 cm³/mol. The second kappa shape index (κ2) is 8.90. The lowest BCUT2D eigenvalue weighted by Crippen LogP contribution is -2.29. The normalized spacial score (nSPS) is 18.7. The molecule has 8 nitrogen and oxygen atoms in total. The van der Waals surface area contributed by atoms with Crippen LogP contribution in [0.15, 0.2) is 72.6 Å². The lowest BCUT2D eigenvalue weighted by Gasteiger charge is -2.26. The van der Waals surface area contributed by atoms with Crippen molar-refractivity contribution in [3.05, 3.63) is 89.3 Å². The molecule has 0 spiro atoms. The Morgan fingerprint density at radius 2 is 1.82 bits per heavy atom. The molecule has 1 fully saturated rings. The molecule has 1 saturated heterocycles. The summed E-state index contributed by atoms with van der Waals surface area (Å²) in [5, 5.41) is 11.3. The quantitative estimate of drug-likeness (QED) is 0.355. The maximum Gasteiger partial charge on any atom is 0.295 e. The average Bonchev–Trinajstić information content (AvgIpc) is 3.13. The van der Waals surface area contributed by atoms with Crippen LogP contribution in [0.5, 0.6) is 17.2 Å². The number of ketones is 1. The number of benzene rings is 2. The molecule has 8 heteroatoms. The van der Waals surface area contributed by atoms with Gasteiger partial charge in [0.15, 0.2) is 11.5 Å². The first kappa shape index (κ1) is 21.5. The van der Waals surface area contributed by atoms with Crippen molar-refractivity contribution in [2.24, 2.45) is 0 Å². The molecule has 1 N–H and O–H groups in total. The number of Topliss-reactive ketones (excluding diaryl/α,β-unsaturated/α-hetero) is 1. The first-order chi connectivity index (χ1) is 16.6. The molecule has 5 rings (SSSR count). The Bertz CT molecular complexity index is 1290. The summed E-state index contributed by atoms with van der Waals surface area (Å²) in [6, 6.07) is 14.8. The molecule has 2 aromatic carbocycles. The Morgan fingerprint density at radius 1 is 1.06 bits per heavy atom. The number of aliphatic hydroxyl groups is 1. The molecule has 0 radical (unpaired) electrons. The van der Waals surface area contributed by atoms with E-state index in [1.165, 1.54) is 4.90 Å². The van der Waals surface area contributed by atoms with E-state index >= 15 is 0 Å². The smallest absolute Gasteiger partial charge is 0.295 e. The molecule has 34 heavy (non-hydrogen) atoms. The number of fused-ring (bicyclic) bond motifs is 1. The van der Waals surface area contributed by atoms with Crippen LogP contribution in [0.2, 0.25) is 0 Å². The van der Waals surface area contributed by atoms with Gasteiger partial charge in [-0.25, -0.2) is 0 Å². The highest BCUT2D eigenvalue weighted by molar-refractivity contribution is 6.46. The van der Waals surface area contributed by atoms with Gasteiger partial charge in [-0.2, -0.15) is 0 Å². The number of ether oxygens (including phenoxy) is 3. The number of hydrogen-bond acceptors (Lipinski definition) is 7. The molecule has 0 bridgehead atoms. The van der Waals surface area contributed by atoms with E-state index < -0.39 is 17.7 Å². The summed E-state index contributed by atoms with van der Waals surface area (Å²) in [6.45, 7) is 0.999. The van der Waals surface area contributed by atoms with Gasteiger partial charge in [-0.05, 0) is 53.6 Å². The van der Waals surface area contributed by atoms with Crippen LogP contribution in [-0.4, -0.2) is 47.0 Å². The van der Waals surface area contributed by atoms with E-state index in [4.69, 9.17) is 14.2 Å². The van der Waals surface area contributed by atoms with Crippen molar-refractivity contribution >= 4 is 17.4 Å². The third kappa shape index (κ3) is 3.83. The lowest BCUT2D eigenvalue weighted by atomic mass is 9.95. The van der Waals surface area contributed by atoms with E-state index in [0.29, 0.717) is 41.6 Å². The first-order valence-corrected chi connectivity index (χ1v) is 10.8. The van der Waals surface area contributed by atoms with Crippen LogP contribution in [0.4, 0.5) is 0 Å². The highest BCUT2D eigenvalue weighted by atomic mass is 16.6. The fraction of sp³-hybridized carbons (Fsp3) is 0.192. The molecule has 0 aliphatic carbocycles. The molecule has 2 aliphatic heterocycles. The standard InChI is InChI=1S/C26H22N2O6/c1-32-19-4-2-3-17(13-19)23-22(24(29)18-5-6-20-21(14-18)34-12-11-33-20)25(30)26(31)28(23)15-16-7-9-27-10-8-16/h2-10,13-14,23,29H,11-12,15H2,1H3/b24-22-. The zero-order valence-electron chi connectivity index (χ0n) is 18.4. The van der Waals surface area contributed by atoms with Crippen molar-refractivity contribution in [3.8, 4) is 17.2 Å². The molecule has 1 amide bonds. The molecule has 2 aliphatic rings. The van der Waals surface area contributed by atoms with Crippen molar-refractivity contribution in [3.63, 3.8) is 0 Å². The second-order valence-electron chi connectivity index (χ2n) is 7.92. The van der Waals surface area contributed by atoms with Crippen molar-refractivity contribution in [1.82, 2.24) is 9.88 Å². The van der Waals surface area contributed by atoms with Crippen molar-refractivity contribution in [1.29, 1.82) is 0 Å². The number of nitrogens with zero attached hydrogens (tertiary/aromatic N) is 2. The summed E-state index contributed by atoms with van der Waals surface area (Å²) >= 11 is 0. The fourth-order valence-electron chi connectivity index (χ4n) is 4.23. The van der Waals surface area contributed by atoms with Crippen LogP contribution in [-0.2, 0) is 16.1 Å². The molecule has 0 saturated carbocycles. The van der Waals surface area contributed by atoms with Crippen LogP contribution in [0.3, 0.4) is 0 Å². The largest absolute Gasteiger partial charge is 0.507 e. The number of methoxy groups -OCH3 is 1. The Hall–Kier alpha value is -4.33. The number of amides is 1. The highest BCUT2D eigenvalue weighted by Crippen LogP contribution is 2.42. The van der Waals surface area contributed by atoms with Gasteiger partial charge >= 0.3 is 0 Å². The van der Waals surface area contributed by atoms with Gasteiger partial charge in [0.05, 0.1) is 18.7 Å². The van der Waals surface area contributed by atoms with Crippen molar-refractivity contribution in [2.45, 2.75) is 12.6 Å². The van der Waals surface area contributed by atoms with E-state index in [1.54, 1.807) is 74.1 Å². The SMILES string of the molecule is COc1cccc(C2/C(=C(/O)c3ccc4c(c3)OCCO4)C(=O)C(=O)N2Cc2ccncc2)c1. The summed E-state index contributed by atoms with van der Waals surface area (Å²) in [5.74, 6) is -0.116. The van der Waals surface area contributed by atoms with Crippen LogP contribution < -0.4 is 14.2 Å². The third-order valence-corrected chi connectivity index (χ3v) is 5.87. The number of aromatic nitrogens is 1. The van der Waals surface area contributed by atoms with Gasteiger partial charge in [-0.3, -0.25) is 14.6 Å². The molecule has 3 heterocycles. The maximum atomic E-state index is 13.2. The highest BCUT2D eigenvalue weighted by Gasteiger charge is 2.46. The van der Waals surface area contributed by atoms with Gasteiger partial charge in [0.1, 0.15) is 24.7 Å². The third-order valence-electron chi connectivity index (χ3n) is 5.87. The monoisotopic (exact) mass is 458 g/mol. The topological polar surface area (TPSA) is 98.2 Å². The Morgan fingerprint density at radius 3 is 2.59 bits per heavy atom. The Labute approximate surface area is 196 Å². The molecule has 1 aromatic heterocycles. The number of likely N-dealkylation sites (tertiary alicyclic amines) is 1. The van der Waals surface area contributed by atoms with E-state index in [-0.39, 0.29) is 17.9 Å². The number of rotatable bonds is 5. The number of carbonyl (C=O) groups excluding carboxylic acids is 2. The van der Waals surface area contributed by atoms with Crippen LogP contribution in [0.1, 0.15) is 22.7 Å². The average molecular weight is 458 g/mol. The van der Waals surface area contributed by atoms with Gasteiger partial charge in [0.25, 0.3) is 11.7 Å². The fourth-order valence-corrected chi connectivity index (χ4v) is 4.23. The van der Waals surface area contributed by atoms with Crippen LogP contribution in [0.25, 0.3) is 5.76 Å². The van der Waals surface area contributed by atoms with Crippen molar-refractivity contribution < 1.29 is 28.9 Å². The molecule has 1 atom stereocenters. The number of aliphatic hydroxyl groups excluding tert-OH is 1. The predicted octanol–water partition coefficient (Wildman–Crippen LogP) is 3.48. The molecule has 3 aromatic rings. The summed E-state index contributed by atoms with van der Waals surface area (Å²) in [7, 11) is 1.54. The van der Waals surface area contributed by atoms with Gasteiger partial charge in [0.2, 0.25) is 0 Å². The zero-order chi connectivity index (χ0) is 23.7. The summed E-state index contributed by atoms with van der Waals surface area (Å²) < 4.78 is 16.5. The van der Waals surface area contributed by atoms with Crippen LogP contribution >= 0.6 is 0 Å². The van der Waals surface area contributed by atoms with Gasteiger partial charge < -0.3 is 24.2 Å². The number of carbonyl (C=O) groups is 2. The van der Waals surface area contributed by atoms with Gasteiger partial charge in [-0.1, -0.05) is 12.1 Å². The number of pyridine rings is 1. The van der Waals surface area contributed by atoms with Gasteiger partial charge in [0, 0.05) is 24.5 Å². The Kier molecular flexibility index (Phi) is 5.63. The minimum atomic E-state index is -0.809. The molecular formula is C26H22N2O6. The molecule has 1 unspecified atom stereocenters. The molecular weight excluding hydrogens is 436 g/mol. The summed E-state index contributed by atoms with van der Waals surface area (Å²) in [6.07, 6.45) is 3.25. The first-order valence-electron chi connectivity index (χ1n) is 10.8. The second-order valence-corrected chi connectivity index (χ2v) is 7.92. The van der Waals surface area contributed by atoms with Gasteiger partial charge in [-0.15, -0.1) is 0 Å². The lowest BCUT2D eigenvalue weighted by molar-refractivity contribution is -0.140. The van der Waals surface area contributed by atoms with E-state index in [2.05, 4.69) is 4.98 Å². The maximum absolute atomic E-state index is 13.2. The zero-order valence-corrected chi connectivity index (χ0v) is 18.4. The van der Waals surface area contributed by atoms with E-state index in [9.17, 15) is 14.7 Å². The molecule has 172 valence electrons. The van der Waals surface area contributed by atoms with E-state index in [1.807, 2.05) is 0 Å². The number of hydrogen-bond donors (Lipinski definition) is 1. The summed E-state index contributed by atoms with van der Waals surface area (Å²) in [5.41, 5.74) is 1.82. The summed E-state index contributed by atoms with van der Waals surface area (Å²) in [4.78, 5) is 31.9. The van der Waals surface area contributed by atoms with Crippen molar-refractivity contribution in [2.75, 3.05) is 20.3 Å². The minimum Gasteiger partial charge on any atom is -0.507 e.